The van der Waals surface area contributed by atoms with Crippen molar-refractivity contribution in [3.63, 3.8) is 0 Å². The molecule has 21 heavy (non-hydrogen) atoms. The second-order valence-electron chi connectivity index (χ2n) is 6.52. The third kappa shape index (κ3) is 3.02. The van der Waals surface area contributed by atoms with Gasteiger partial charge in [-0.15, -0.1) is 0 Å². The summed E-state index contributed by atoms with van der Waals surface area (Å²) in [6.07, 6.45) is 6.45. The van der Waals surface area contributed by atoms with Crippen molar-refractivity contribution in [3.05, 3.63) is 23.5 Å². The summed E-state index contributed by atoms with van der Waals surface area (Å²) in [6.45, 7) is 6.77. The maximum Gasteiger partial charge on any atom is 0.238 e. The summed E-state index contributed by atoms with van der Waals surface area (Å²) >= 11 is 0. The van der Waals surface area contributed by atoms with Crippen LogP contribution in [0, 0.1) is 18.8 Å². The molecule has 1 aromatic heterocycles. The van der Waals surface area contributed by atoms with E-state index in [1.807, 2.05) is 14.0 Å². The zero-order valence-corrected chi connectivity index (χ0v) is 13.1. The third-order valence-corrected chi connectivity index (χ3v) is 4.88. The summed E-state index contributed by atoms with van der Waals surface area (Å²) < 4.78 is 1.77. The first kappa shape index (κ1) is 14.3. The van der Waals surface area contributed by atoms with Gasteiger partial charge in [0.15, 0.2) is 0 Å². The van der Waals surface area contributed by atoms with Crippen LogP contribution in [0.1, 0.15) is 25.5 Å². The Hall–Kier alpha value is -1.62. The molecule has 3 rings (SSSR count). The molecular weight excluding hydrogens is 264 g/mol. The largest absolute Gasteiger partial charge is 0.322 e. The van der Waals surface area contributed by atoms with Crippen LogP contribution >= 0.6 is 0 Å². The second kappa shape index (κ2) is 5.64. The van der Waals surface area contributed by atoms with Gasteiger partial charge in [0, 0.05) is 20.1 Å². The number of aromatic nitrogens is 2. The molecule has 2 heterocycles. The van der Waals surface area contributed by atoms with E-state index in [9.17, 15) is 4.79 Å². The van der Waals surface area contributed by atoms with E-state index in [0.717, 1.165) is 36.3 Å². The van der Waals surface area contributed by atoms with Gasteiger partial charge in [0.2, 0.25) is 5.91 Å². The van der Waals surface area contributed by atoms with Gasteiger partial charge >= 0.3 is 0 Å². The minimum absolute atomic E-state index is 0.0643. The topological polar surface area (TPSA) is 50.2 Å². The van der Waals surface area contributed by atoms with Crippen molar-refractivity contribution in [1.82, 2.24) is 14.7 Å². The number of fused-ring (bicyclic) bond motifs is 1. The average molecular weight is 288 g/mol. The van der Waals surface area contributed by atoms with E-state index in [1.165, 1.54) is 18.4 Å². The Morgan fingerprint density at radius 1 is 1.38 bits per heavy atom. The lowest BCUT2D eigenvalue weighted by molar-refractivity contribution is -0.117. The van der Waals surface area contributed by atoms with E-state index in [4.69, 9.17) is 0 Å². The molecule has 1 N–H and O–H groups in total. The summed E-state index contributed by atoms with van der Waals surface area (Å²) in [5.41, 5.74) is 3.31. The SMILES string of the molecule is CC1=CC[C@@H]2CN(CC(=O)Nc3cnn(C)c3C)C[C@@H]2C1. The standard InChI is InChI=1S/C16H24N4O/c1-11-4-5-13-8-20(9-14(13)6-11)10-16(21)18-15-7-17-19(3)12(15)2/h4,7,13-14H,5-6,8-10H2,1-3H3,(H,18,21)/t13-,14+/m1/s1. The van der Waals surface area contributed by atoms with Crippen LogP contribution < -0.4 is 5.32 Å². The first-order valence-corrected chi connectivity index (χ1v) is 7.69. The lowest BCUT2D eigenvalue weighted by Crippen LogP contribution is -2.32. The lowest BCUT2D eigenvalue weighted by Gasteiger charge is -2.22. The van der Waals surface area contributed by atoms with Crippen molar-refractivity contribution in [3.8, 4) is 0 Å². The predicted molar refractivity (Wildman–Crippen MR) is 83.0 cm³/mol. The van der Waals surface area contributed by atoms with Crippen LogP contribution in [0.4, 0.5) is 5.69 Å². The van der Waals surface area contributed by atoms with Gasteiger partial charge in [-0.3, -0.25) is 14.4 Å². The molecule has 1 fully saturated rings. The van der Waals surface area contributed by atoms with E-state index in [1.54, 1.807) is 10.9 Å². The number of hydrogen-bond donors (Lipinski definition) is 1. The molecule has 1 aliphatic heterocycles. The third-order valence-electron chi connectivity index (χ3n) is 4.88. The number of anilines is 1. The van der Waals surface area contributed by atoms with E-state index in [0.29, 0.717) is 6.54 Å². The first-order chi connectivity index (χ1) is 10.0. The highest BCUT2D eigenvalue weighted by molar-refractivity contribution is 5.92. The van der Waals surface area contributed by atoms with Crippen LogP contribution in [-0.2, 0) is 11.8 Å². The molecule has 2 atom stereocenters. The molecule has 2 aliphatic rings. The van der Waals surface area contributed by atoms with E-state index >= 15 is 0 Å². The molecule has 1 saturated heterocycles. The van der Waals surface area contributed by atoms with Crippen molar-refractivity contribution in [1.29, 1.82) is 0 Å². The van der Waals surface area contributed by atoms with Crippen molar-refractivity contribution >= 4 is 11.6 Å². The molecular formula is C16H24N4O. The van der Waals surface area contributed by atoms with Crippen molar-refractivity contribution in [2.24, 2.45) is 18.9 Å². The predicted octanol–water partition coefficient (Wildman–Crippen LogP) is 1.96. The lowest BCUT2D eigenvalue weighted by atomic mass is 9.83. The van der Waals surface area contributed by atoms with E-state index < -0.39 is 0 Å². The number of carbonyl (C=O) groups excluding carboxylic acids is 1. The van der Waals surface area contributed by atoms with Crippen molar-refractivity contribution in [2.45, 2.75) is 26.7 Å². The molecule has 114 valence electrons. The van der Waals surface area contributed by atoms with Gasteiger partial charge in [0.25, 0.3) is 0 Å². The molecule has 0 radical (unpaired) electrons. The summed E-state index contributed by atoms with van der Waals surface area (Å²) in [7, 11) is 1.88. The number of aryl methyl sites for hydroxylation is 1. The molecule has 5 nitrogen and oxygen atoms in total. The minimum Gasteiger partial charge on any atom is -0.322 e. The molecule has 5 heteroatoms. The Morgan fingerprint density at radius 2 is 2.14 bits per heavy atom. The van der Waals surface area contributed by atoms with Gasteiger partial charge in [-0.05, 0) is 38.5 Å². The molecule has 0 saturated carbocycles. The fraction of sp³-hybridized carbons (Fsp3) is 0.625. The molecule has 1 amide bonds. The number of hydrogen-bond acceptors (Lipinski definition) is 3. The molecule has 0 unspecified atom stereocenters. The number of allylic oxidation sites excluding steroid dienone is 2. The molecule has 1 aromatic rings. The van der Waals surface area contributed by atoms with Crippen LogP contribution in [0.3, 0.4) is 0 Å². The summed E-state index contributed by atoms with van der Waals surface area (Å²) in [4.78, 5) is 14.5. The zero-order valence-electron chi connectivity index (χ0n) is 13.1. The average Bonchev–Trinajstić information content (AvgIpc) is 2.95. The molecule has 0 spiro atoms. The highest BCUT2D eigenvalue weighted by Gasteiger charge is 2.34. The molecule has 0 aromatic carbocycles. The maximum atomic E-state index is 12.2. The maximum absolute atomic E-state index is 12.2. The molecule has 0 bridgehead atoms. The fourth-order valence-electron chi connectivity index (χ4n) is 3.53. The van der Waals surface area contributed by atoms with Crippen molar-refractivity contribution in [2.75, 3.05) is 25.0 Å². The number of nitrogens with one attached hydrogen (secondary N) is 1. The van der Waals surface area contributed by atoms with Gasteiger partial charge in [0.1, 0.15) is 0 Å². The Balaban J connectivity index is 1.54. The number of rotatable bonds is 3. The van der Waals surface area contributed by atoms with Crippen LogP contribution in [0.5, 0.6) is 0 Å². The van der Waals surface area contributed by atoms with Crippen LogP contribution in [0.15, 0.2) is 17.8 Å². The number of likely N-dealkylation sites (tertiary alicyclic amines) is 1. The highest BCUT2D eigenvalue weighted by atomic mass is 16.2. The highest BCUT2D eigenvalue weighted by Crippen LogP contribution is 2.35. The Bertz CT molecular complexity index is 575. The summed E-state index contributed by atoms with van der Waals surface area (Å²) in [5, 5.41) is 7.12. The van der Waals surface area contributed by atoms with Crippen LogP contribution in [-0.4, -0.2) is 40.2 Å². The van der Waals surface area contributed by atoms with Crippen LogP contribution in [0.25, 0.3) is 0 Å². The van der Waals surface area contributed by atoms with E-state index in [-0.39, 0.29) is 5.91 Å². The zero-order chi connectivity index (χ0) is 15.0. The van der Waals surface area contributed by atoms with Crippen molar-refractivity contribution < 1.29 is 4.79 Å². The number of carbonyl (C=O) groups is 1. The minimum atomic E-state index is 0.0643. The summed E-state index contributed by atoms with van der Waals surface area (Å²) in [6, 6.07) is 0. The van der Waals surface area contributed by atoms with Gasteiger partial charge < -0.3 is 5.32 Å². The number of nitrogens with zero attached hydrogens (tertiary/aromatic N) is 3. The van der Waals surface area contributed by atoms with Crippen LogP contribution in [0.2, 0.25) is 0 Å². The Kier molecular flexibility index (Phi) is 3.85. The van der Waals surface area contributed by atoms with Gasteiger partial charge in [0.05, 0.1) is 24.1 Å². The fourth-order valence-corrected chi connectivity index (χ4v) is 3.53. The quantitative estimate of drug-likeness (QED) is 0.865. The van der Waals surface area contributed by atoms with Gasteiger partial charge in [-0.2, -0.15) is 5.10 Å². The Morgan fingerprint density at radius 3 is 2.86 bits per heavy atom. The monoisotopic (exact) mass is 288 g/mol. The smallest absolute Gasteiger partial charge is 0.238 e. The normalized spacial score (nSPS) is 25.6. The number of amides is 1. The van der Waals surface area contributed by atoms with Gasteiger partial charge in [-0.1, -0.05) is 11.6 Å². The second-order valence-corrected chi connectivity index (χ2v) is 6.52. The first-order valence-electron chi connectivity index (χ1n) is 7.69. The van der Waals surface area contributed by atoms with Gasteiger partial charge in [-0.25, -0.2) is 0 Å². The van der Waals surface area contributed by atoms with E-state index in [2.05, 4.69) is 28.3 Å². The summed E-state index contributed by atoms with van der Waals surface area (Å²) in [5.74, 6) is 1.54. The Labute approximate surface area is 126 Å². The molecule has 1 aliphatic carbocycles.